The molecule has 1 rings (SSSR count). The summed E-state index contributed by atoms with van der Waals surface area (Å²) in [5.74, 6) is -0.0453. The number of hydroxylamine groups is 1. The molecule has 14 heavy (non-hydrogen) atoms. The van der Waals surface area contributed by atoms with Gasteiger partial charge in [-0.15, -0.1) is 0 Å². The summed E-state index contributed by atoms with van der Waals surface area (Å²) in [5, 5.41) is 0. The van der Waals surface area contributed by atoms with Crippen LogP contribution in [-0.4, -0.2) is 19.2 Å². The van der Waals surface area contributed by atoms with Crippen molar-refractivity contribution >= 4 is 10.1 Å². The van der Waals surface area contributed by atoms with Crippen LogP contribution >= 0.6 is 0 Å². The average Bonchev–Trinajstić information content (AvgIpc) is 2.19. The predicted octanol–water partition coefficient (Wildman–Crippen LogP) is 0.452. The number of pyridine rings is 1. The number of nitrogens with one attached hydrogen (secondary N) is 1. The second kappa shape index (κ2) is 5.04. The molecule has 0 aliphatic rings. The molecule has 0 unspecified atom stereocenters. The van der Waals surface area contributed by atoms with E-state index in [-0.39, 0.29) is 5.75 Å². The van der Waals surface area contributed by atoms with E-state index in [1.165, 1.54) is 6.92 Å². The summed E-state index contributed by atoms with van der Waals surface area (Å²) in [5.41, 5.74) is 3.29. The molecule has 0 aliphatic carbocycles. The number of aromatic nitrogens is 1. The summed E-state index contributed by atoms with van der Waals surface area (Å²) in [6.45, 7) is 1.85. The minimum absolute atomic E-state index is 0.0453. The highest BCUT2D eigenvalue weighted by molar-refractivity contribution is 7.86. The van der Waals surface area contributed by atoms with Gasteiger partial charge in [-0.3, -0.25) is 4.98 Å². The Morgan fingerprint density at radius 1 is 1.43 bits per heavy atom. The lowest BCUT2D eigenvalue weighted by Crippen LogP contribution is -2.21. The fourth-order valence-corrected chi connectivity index (χ4v) is 1.12. The standard InChI is InChI=1S/C8H12N2O3S/c1-2-14(11,12)13-10-7-8-3-5-9-6-4-8/h3-6,10H,2,7H2,1H3. The molecule has 1 heterocycles. The molecule has 1 aromatic rings. The van der Waals surface area contributed by atoms with E-state index in [4.69, 9.17) is 0 Å². The largest absolute Gasteiger partial charge is 0.282 e. The first-order valence-electron chi connectivity index (χ1n) is 4.17. The summed E-state index contributed by atoms with van der Waals surface area (Å²) in [7, 11) is -3.42. The highest BCUT2D eigenvalue weighted by Gasteiger charge is 2.06. The molecule has 0 saturated carbocycles. The summed E-state index contributed by atoms with van der Waals surface area (Å²) in [6, 6.07) is 3.55. The molecule has 0 amide bonds. The highest BCUT2D eigenvalue weighted by Crippen LogP contribution is 1.96. The van der Waals surface area contributed by atoms with E-state index >= 15 is 0 Å². The summed E-state index contributed by atoms with van der Waals surface area (Å²) in [4.78, 5) is 3.83. The van der Waals surface area contributed by atoms with Gasteiger partial charge in [0.15, 0.2) is 0 Å². The van der Waals surface area contributed by atoms with E-state index in [1.54, 1.807) is 24.5 Å². The van der Waals surface area contributed by atoms with Gasteiger partial charge < -0.3 is 0 Å². The zero-order chi connectivity index (χ0) is 10.4. The van der Waals surface area contributed by atoms with E-state index in [9.17, 15) is 8.42 Å². The van der Waals surface area contributed by atoms with Gasteiger partial charge in [-0.2, -0.15) is 18.2 Å². The maximum atomic E-state index is 10.9. The fourth-order valence-electron chi connectivity index (χ4n) is 0.762. The molecule has 0 saturated heterocycles. The number of nitrogens with zero attached hydrogens (tertiary/aromatic N) is 1. The minimum atomic E-state index is -3.42. The molecule has 5 nitrogen and oxygen atoms in total. The Bertz CT molecular complexity index is 363. The number of hydrogen-bond acceptors (Lipinski definition) is 5. The lowest BCUT2D eigenvalue weighted by Gasteiger charge is -2.03. The van der Waals surface area contributed by atoms with E-state index < -0.39 is 10.1 Å². The molecule has 0 spiro atoms. The molecule has 0 bridgehead atoms. The molecule has 0 radical (unpaired) electrons. The van der Waals surface area contributed by atoms with E-state index in [0.29, 0.717) is 6.54 Å². The van der Waals surface area contributed by atoms with Crippen molar-refractivity contribution in [1.29, 1.82) is 0 Å². The second-order valence-corrected chi connectivity index (χ2v) is 4.47. The molecular weight excluding hydrogens is 204 g/mol. The third-order valence-corrected chi connectivity index (χ3v) is 2.64. The van der Waals surface area contributed by atoms with Crippen LogP contribution in [0, 0.1) is 0 Å². The van der Waals surface area contributed by atoms with Gasteiger partial charge in [0.25, 0.3) is 10.1 Å². The predicted molar refractivity (Wildman–Crippen MR) is 51.6 cm³/mol. The molecule has 0 aromatic carbocycles. The van der Waals surface area contributed by atoms with E-state index in [1.807, 2.05) is 0 Å². The Kier molecular flexibility index (Phi) is 3.99. The molecule has 6 heteroatoms. The molecular formula is C8H12N2O3S. The van der Waals surface area contributed by atoms with Crippen molar-refractivity contribution < 1.29 is 12.7 Å². The van der Waals surface area contributed by atoms with Crippen molar-refractivity contribution in [2.75, 3.05) is 5.75 Å². The van der Waals surface area contributed by atoms with Crippen molar-refractivity contribution in [2.45, 2.75) is 13.5 Å². The monoisotopic (exact) mass is 216 g/mol. The van der Waals surface area contributed by atoms with E-state index in [2.05, 4.69) is 14.7 Å². The van der Waals surface area contributed by atoms with Crippen molar-refractivity contribution in [3.8, 4) is 0 Å². The summed E-state index contributed by atoms with van der Waals surface area (Å²) >= 11 is 0. The SMILES string of the molecule is CCS(=O)(=O)ONCc1ccncc1. The zero-order valence-corrected chi connectivity index (χ0v) is 8.62. The molecule has 0 fully saturated rings. The van der Waals surface area contributed by atoms with Gasteiger partial charge in [-0.05, 0) is 24.6 Å². The maximum absolute atomic E-state index is 10.9. The van der Waals surface area contributed by atoms with Crippen molar-refractivity contribution in [1.82, 2.24) is 10.5 Å². The topological polar surface area (TPSA) is 68.3 Å². The maximum Gasteiger partial charge on any atom is 0.282 e. The molecule has 78 valence electrons. The Balaban J connectivity index is 2.37. The van der Waals surface area contributed by atoms with Crippen molar-refractivity contribution in [3.05, 3.63) is 30.1 Å². The van der Waals surface area contributed by atoms with Crippen LogP contribution in [-0.2, 0) is 20.9 Å². The van der Waals surface area contributed by atoms with E-state index in [0.717, 1.165) is 5.56 Å². The molecule has 1 aromatic heterocycles. The van der Waals surface area contributed by atoms with Crippen LogP contribution in [0.15, 0.2) is 24.5 Å². The number of rotatable bonds is 5. The lowest BCUT2D eigenvalue weighted by atomic mass is 10.3. The Morgan fingerprint density at radius 3 is 2.64 bits per heavy atom. The first-order valence-corrected chi connectivity index (χ1v) is 5.74. The zero-order valence-electron chi connectivity index (χ0n) is 7.80. The van der Waals surface area contributed by atoms with Gasteiger partial charge in [-0.1, -0.05) is 0 Å². The fraction of sp³-hybridized carbons (Fsp3) is 0.375. The van der Waals surface area contributed by atoms with Crippen molar-refractivity contribution in [3.63, 3.8) is 0 Å². The van der Waals surface area contributed by atoms with Crippen LogP contribution in [0.4, 0.5) is 0 Å². The van der Waals surface area contributed by atoms with Crippen LogP contribution < -0.4 is 5.48 Å². The van der Waals surface area contributed by atoms with Gasteiger partial charge in [0, 0.05) is 18.9 Å². The summed E-state index contributed by atoms with van der Waals surface area (Å²) in [6.07, 6.45) is 3.26. The Hall–Kier alpha value is -0.980. The normalized spacial score (nSPS) is 11.5. The van der Waals surface area contributed by atoms with Crippen molar-refractivity contribution in [2.24, 2.45) is 0 Å². The first kappa shape index (κ1) is 11.1. The molecule has 1 N–H and O–H groups in total. The Labute approximate surface area is 83.2 Å². The Morgan fingerprint density at radius 2 is 2.07 bits per heavy atom. The molecule has 0 aliphatic heterocycles. The third kappa shape index (κ3) is 3.82. The quantitative estimate of drug-likeness (QED) is 0.724. The van der Waals surface area contributed by atoms with Gasteiger partial charge in [0.1, 0.15) is 0 Å². The van der Waals surface area contributed by atoms with Gasteiger partial charge >= 0.3 is 0 Å². The lowest BCUT2D eigenvalue weighted by molar-refractivity contribution is 0.199. The third-order valence-electron chi connectivity index (χ3n) is 1.57. The average molecular weight is 216 g/mol. The van der Waals surface area contributed by atoms with Crippen LogP contribution in [0.2, 0.25) is 0 Å². The van der Waals surface area contributed by atoms with Crippen LogP contribution in [0.3, 0.4) is 0 Å². The second-order valence-electron chi connectivity index (χ2n) is 2.61. The van der Waals surface area contributed by atoms with Crippen LogP contribution in [0.5, 0.6) is 0 Å². The van der Waals surface area contributed by atoms with Crippen LogP contribution in [0.1, 0.15) is 12.5 Å². The molecule has 0 atom stereocenters. The van der Waals surface area contributed by atoms with Gasteiger partial charge in [0.2, 0.25) is 0 Å². The van der Waals surface area contributed by atoms with Crippen LogP contribution in [0.25, 0.3) is 0 Å². The number of hydrogen-bond donors (Lipinski definition) is 1. The highest BCUT2D eigenvalue weighted by atomic mass is 32.2. The smallest absolute Gasteiger partial charge is 0.265 e. The van der Waals surface area contributed by atoms with Gasteiger partial charge in [0.05, 0.1) is 5.75 Å². The minimum Gasteiger partial charge on any atom is -0.265 e. The van der Waals surface area contributed by atoms with Gasteiger partial charge in [-0.25, -0.2) is 0 Å². The first-order chi connectivity index (χ1) is 6.64. The summed E-state index contributed by atoms with van der Waals surface area (Å²) < 4.78 is 26.3.